The molecule has 1 atom stereocenters. The number of methoxy groups -OCH3 is 1. The second-order valence-electron chi connectivity index (χ2n) is 9.32. The van der Waals surface area contributed by atoms with Gasteiger partial charge in [0.15, 0.2) is 5.82 Å². The highest BCUT2D eigenvalue weighted by Crippen LogP contribution is 2.40. The summed E-state index contributed by atoms with van der Waals surface area (Å²) in [6.07, 6.45) is 6.50. The average Bonchev–Trinajstić information content (AvgIpc) is 3.29. The maximum absolute atomic E-state index is 13.1. The van der Waals surface area contributed by atoms with Crippen LogP contribution in [0.3, 0.4) is 0 Å². The number of nitrogens with zero attached hydrogens (tertiary/aromatic N) is 4. The summed E-state index contributed by atoms with van der Waals surface area (Å²) in [6, 6.07) is 8.33. The van der Waals surface area contributed by atoms with E-state index in [-0.39, 0.29) is 11.9 Å². The summed E-state index contributed by atoms with van der Waals surface area (Å²) in [5, 5.41) is 3.43. The van der Waals surface area contributed by atoms with E-state index >= 15 is 0 Å². The molecule has 0 saturated heterocycles. The summed E-state index contributed by atoms with van der Waals surface area (Å²) in [7, 11) is 3.51. The summed E-state index contributed by atoms with van der Waals surface area (Å²) < 4.78 is 5.51. The third-order valence-corrected chi connectivity index (χ3v) is 6.55. The quantitative estimate of drug-likeness (QED) is 0.768. The van der Waals surface area contributed by atoms with Gasteiger partial charge in [-0.25, -0.2) is 4.98 Å². The molecule has 1 saturated carbocycles. The SMILES string of the molecule is COc1ccccc1[C@H](C)Nc1ncc2c(n1)N(C1CCCC1)CC(C)(C)C(=O)N2C. The molecule has 1 amide bonds. The van der Waals surface area contributed by atoms with Gasteiger partial charge < -0.3 is 19.9 Å². The predicted octanol–water partition coefficient (Wildman–Crippen LogP) is 4.41. The minimum absolute atomic E-state index is 0.0317. The Morgan fingerprint density at radius 2 is 1.94 bits per heavy atom. The van der Waals surface area contributed by atoms with Gasteiger partial charge >= 0.3 is 0 Å². The lowest BCUT2D eigenvalue weighted by Crippen LogP contribution is -2.45. The van der Waals surface area contributed by atoms with Crippen LogP contribution >= 0.6 is 0 Å². The molecule has 1 aliphatic heterocycles. The molecule has 1 fully saturated rings. The van der Waals surface area contributed by atoms with Crippen LogP contribution in [-0.4, -0.2) is 42.6 Å². The fourth-order valence-corrected chi connectivity index (χ4v) is 4.83. The van der Waals surface area contributed by atoms with E-state index in [1.54, 1.807) is 18.2 Å². The number of aromatic nitrogens is 2. The van der Waals surface area contributed by atoms with Crippen LogP contribution in [-0.2, 0) is 4.79 Å². The van der Waals surface area contributed by atoms with Gasteiger partial charge in [0.05, 0.1) is 24.8 Å². The molecule has 1 aromatic carbocycles. The molecule has 0 unspecified atom stereocenters. The standard InChI is InChI=1S/C24H33N5O2/c1-16(18-12-8-9-13-20(18)31-5)26-23-25-14-19-21(27-23)29(17-10-6-7-11-17)15-24(2,3)22(30)28(19)4/h8-9,12-14,16-17H,6-7,10-11,15H2,1-5H3,(H,25,26,27)/t16-/m0/s1. The van der Waals surface area contributed by atoms with E-state index in [9.17, 15) is 4.79 Å². The Bertz CT molecular complexity index is 955. The molecule has 0 radical (unpaired) electrons. The Morgan fingerprint density at radius 3 is 2.65 bits per heavy atom. The van der Waals surface area contributed by atoms with Gasteiger partial charge in [0.25, 0.3) is 0 Å². The molecule has 1 aliphatic carbocycles. The number of hydrogen-bond donors (Lipinski definition) is 1. The van der Waals surface area contributed by atoms with Crippen molar-refractivity contribution in [1.82, 2.24) is 9.97 Å². The van der Waals surface area contributed by atoms with Crippen molar-refractivity contribution in [3.8, 4) is 5.75 Å². The van der Waals surface area contributed by atoms with Crippen molar-refractivity contribution >= 4 is 23.4 Å². The molecular formula is C24H33N5O2. The fraction of sp³-hybridized carbons (Fsp3) is 0.542. The first-order chi connectivity index (χ1) is 14.8. The molecule has 2 heterocycles. The molecule has 1 aromatic heterocycles. The number of amides is 1. The predicted molar refractivity (Wildman–Crippen MR) is 124 cm³/mol. The zero-order valence-corrected chi connectivity index (χ0v) is 19.2. The van der Waals surface area contributed by atoms with Gasteiger partial charge in [0.2, 0.25) is 11.9 Å². The largest absolute Gasteiger partial charge is 0.496 e. The summed E-state index contributed by atoms with van der Waals surface area (Å²) in [4.78, 5) is 26.7. The number of para-hydroxylation sites is 1. The number of benzene rings is 1. The first-order valence-corrected chi connectivity index (χ1v) is 11.1. The van der Waals surface area contributed by atoms with Gasteiger partial charge in [-0.2, -0.15) is 4.98 Å². The Balaban J connectivity index is 1.70. The maximum atomic E-state index is 13.1. The van der Waals surface area contributed by atoms with Crippen LogP contribution in [0.4, 0.5) is 17.5 Å². The number of carbonyl (C=O) groups excluding carboxylic acids is 1. The third kappa shape index (κ3) is 4.05. The van der Waals surface area contributed by atoms with Crippen LogP contribution < -0.4 is 19.9 Å². The van der Waals surface area contributed by atoms with Crippen LogP contribution in [0.1, 0.15) is 58.1 Å². The van der Waals surface area contributed by atoms with Crippen LogP contribution in [0.25, 0.3) is 0 Å². The van der Waals surface area contributed by atoms with Crippen molar-refractivity contribution in [3.63, 3.8) is 0 Å². The van der Waals surface area contributed by atoms with Crippen LogP contribution in [0, 0.1) is 5.41 Å². The summed E-state index contributed by atoms with van der Waals surface area (Å²) in [5.41, 5.74) is 1.33. The Kier molecular flexibility index (Phi) is 5.77. The number of rotatable bonds is 5. The third-order valence-electron chi connectivity index (χ3n) is 6.55. The summed E-state index contributed by atoms with van der Waals surface area (Å²) in [5.74, 6) is 2.33. The number of carbonyl (C=O) groups is 1. The highest BCUT2D eigenvalue weighted by Gasteiger charge is 2.41. The van der Waals surface area contributed by atoms with Gasteiger partial charge in [-0.05, 0) is 39.7 Å². The van der Waals surface area contributed by atoms with Gasteiger partial charge in [-0.15, -0.1) is 0 Å². The summed E-state index contributed by atoms with van der Waals surface area (Å²) >= 11 is 0. The van der Waals surface area contributed by atoms with Gasteiger partial charge in [-0.3, -0.25) is 4.79 Å². The minimum atomic E-state index is -0.490. The number of anilines is 3. The fourth-order valence-electron chi connectivity index (χ4n) is 4.83. The van der Waals surface area contributed by atoms with Crippen LogP contribution in [0.2, 0.25) is 0 Å². The molecule has 2 aromatic rings. The number of fused-ring (bicyclic) bond motifs is 1. The van der Waals surface area contributed by atoms with E-state index in [0.29, 0.717) is 18.5 Å². The number of nitrogens with one attached hydrogen (secondary N) is 1. The zero-order valence-electron chi connectivity index (χ0n) is 19.2. The molecule has 0 bridgehead atoms. The average molecular weight is 424 g/mol. The lowest BCUT2D eigenvalue weighted by atomic mass is 9.91. The molecular weight excluding hydrogens is 390 g/mol. The molecule has 0 spiro atoms. The molecule has 7 nitrogen and oxygen atoms in total. The first-order valence-electron chi connectivity index (χ1n) is 11.1. The molecule has 1 N–H and O–H groups in total. The second-order valence-corrected chi connectivity index (χ2v) is 9.32. The van der Waals surface area contributed by atoms with E-state index in [1.807, 2.05) is 45.2 Å². The van der Waals surface area contributed by atoms with Crippen molar-refractivity contribution in [2.75, 3.05) is 35.8 Å². The van der Waals surface area contributed by atoms with Crippen molar-refractivity contribution < 1.29 is 9.53 Å². The monoisotopic (exact) mass is 423 g/mol. The topological polar surface area (TPSA) is 70.6 Å². The van der Waals surface area contributed by atoms with E-state index in [2.05, 4.69) is 22.1 Å². The Hall–Kier alpha value is -2.83. The van der Waals surface area contributed by atoms with Crippen molar-refractivity contribution in [2.45, 2.75) is 58.5 Å². The van der Waals surface area contributed by atoms with E-state index in [1.165, 1.54) is 12.8 Å². The van der Waals surface area contributed by atoms with Crippen molar-refractivity contribution in [3.05, 3.63) is 36.0 Å². The Labute approximate surface area is 184 Å². The Morgan fingerprint density at radius 1 is 1.23 bits per heavy atom. The number of ether oxygens (including phenoxy) is 1. The summed E-state index contributed by atoms with van der Waals surface area (Å²) in [6.45, 7) is 6.78. The van der Waals surface area contributed by atoms with E-state index in [0.717, 1.165) is 35.7 Å². The lowest BCUT2D eigenvalue weighted by Gasteiger charge is -2.34. The number of hydrogen-bond acceptors (Lipinski definition) is 6. The minimum Gasteiger partial charge on any atom is -0.496 e. The normalized spacial score (nSPS) is 19.7. The van der Waals surface area contributed by atoms with Crippen LogP contribution in [0.15, 0.2) is 30.5 Å². The zero-order chi connectivity index (χ0) is 22.2. The van der Waals surface area contributed by atoms with Crippen LogP contribution in [0.5, 0.6) is 5.75 Å². The highest BCUT2D eigenvalue weighted by atomic mass is 16.5. The maximum Gasteiger partial charge on any atom is 0.234 e. The van der Waals surface area contributed by atoms with Crippen molar-refractivity contribution in [1.29, 1.82) is 0 Å². The van der Waals surface area contributed by atoms with Gasteiger partial charge in [0, 0.05) is 25.2 Å². The molecule has 166 valence electrons. The highest BCUT2D eigenvalue weighted by molar-refractivity contribution is 6.00. The van der Waals surface area contributed by atoms with Gasteiger partial charge in [0.1, 0.15) is 11.4 Å². The van der Waals surface area contributed by atoms with E-state index < -0.39 is 5.41 Å². The molecule has 4 rings (SSSR count). The smallest absolute Gasteiger partial charge is 0.234 e. The van der Waals surface area contributed by atoms with E-state index in [4.69, 9.17) is 9.72 Å². The molecule has 7 heteroatoms. The van der Waals surface area contributed by atoms with Gasteiger partial charge in [-0.1, -0.05) is 31.0 Å². The van der Waals surface area contributed by atoms with Crippen molar-refractivity contribution in [2.24, 2.45) is 5.41 Å². The lowest BCUT2D eigenvalue weighted by molar-refractivity contribution is -0.125. The first kappa shape index (κ1) is 21.4. The molecule has 31 heavy (non-hydrogen) atoms. The molecule has 2 aliphatic rings. The second kappa shape index (κ2) is 8.36.